The van der Waals surface area contributed by atoms with Crippen LogP contribution in [0, 0.1) is 0 Å². The second-order valence-electron chi connectivity index (χ2n) is 1.50. The predicted molar refractivity (Wildman–Crippen MR) is 33.7 cm³/mol. The first-order valence-corrected chi connectivity index (χ1v) is 3.72. The lowest BCUT2D eigenvalue weighted by molar-refractivity contribution is 0.546. The van der Waals surface area contributed by atoms with E-state index < -0.39 is 11.3 Å². The Morgan fingerprint density at radius 3 is 2.75 bits per heavy atom. The van der Waals surface area contributed by atoms with Gasteiger partial charge in [-0.25, -0.2) is 8.93 Å². The Morgan fingerprint density at radius 2 is 2.38 bits per heavy atom. The van der Waals surface area contributed by atoms with E-state index in [0.29, 0.717) is 6.54 Å². The molecule has 1 atom stereocenters. The van der Waals surface area contributed by atoms with E-state index in [1.54, 1.807) is 0 Å². The monoisotopic (exact) mass is 137 g/mol. The van der Waals surface area contributed by atoms with Crippen molar-refractivity contribution in [1.29, 1.82) is 0 Å². The minimum atomic E-state index is -1.82. The van der Waals surface area contributed by atoms with Crippen LogP contribution in [-0.4, -0.2) is 15.3 Å². The van der Waals surface area contributed by atoms with E-state index in [4.69, 9.17) is 4.55 Å². The van der Waals surface area contributed by atoms with E-state index in [1.807, 2.05) is 6.92 Å². The molecule has 0 saturated heterocycles. The maximum absolute atomic E-state index is 9.87. The van der Waals surface area contributed by atoms with Crippen LogP contribution in [-0.2, 0) is 11.3 Å². The van der Waals surface area contributed by atoms with Gasteiger partial charge in [0.25, 0.3) is 0 Å². The molecule has 0 heterocycles. The highest BCUT2D eigenvalue weighted by Gasteiger charge is 1.86. The largest absolute Gasteiger partial charge is 0.294 e. The summed E-state index contributed by atoms with van der Waals surface area (Å²) in [5.74, 6) is 0. The van der Waals surface area contributed by atoms with Gasteiger partial charge in [-0.3, -0.25) is 4.55 Å². The van der Waals surface area contributed by atoms with Gasteiger partial charge in [0.15, 0.2) is 0 Å². The van der Waals surface area contributed by atoms with Crippen molar-refractivity contribution in [1.82, 2.24) is 4.72 Å². The molecule has 0 aliphatic carbocycles. The number of rotatable bonds is 4. The Kier molecular flexibility index (Phi) is 5.26. The quantitative estimate of drug-likeness (QED) is 0.438. The molecule has 0 aromatic heterocycles. The molecule has 8 heavy (non-hydrogen) atoms. The van der Waals surface area contributed by atoms with E-state index in [2.05, 4.69) is 4.72 Å². The standard InChI is InChI=1S/C4H11NO2S/c1-2-3-4-5-8(6)7/h5H,2-4H2,1H3,(H,6,7). The Bertz CT molecular complexity index is 76.4. The van der Waals surface area contributed by atoms with Crippen LogP contribution in [0.2, 0.25) is 0 Å². The Hall–Kier alpha value is 0.0700. The van der Waals surface area contributed by atoms with Crippen LogP contribution in [0.4, 0.5) is 0 Å². The molecule has 1 unspecified atom stereocenters. The highest BCUT2D eigenvalue weighted by atomic mass is 32.2. The van der Waals surface area contributed by atoms with Crippen LogP contribution in [0.1, 0.15) is 19.8 Å². The summed E-state index contributed by atoms with van der Waals surface area (Å²) < 4.78 is 20.4. The first kappa shape index (κ1) is 8.07. The third kappa shape index (κ3) is 6.07. The molecular weight excluding hydrogens is 126 g/mol. The van der Waals surface area contributed by atoms with Crippen molar-refractivity contribution in [2.75, 3.05) is 6.54 Å². The van der Waals surface area contributed by atoms with E-state index in [-0.39, 0.29) is 0 Å². The fourth-order valence-corrected chi connectivity index (χ4v) is 0.655. The molecular formula is C4H11NO2S. The molecule has 0 radical (unpaired) electrons. The molecule has 2 N–H and O–H groups in total. The zero-order valence-corrected chi connectivity index (χ0v) is 5.70. The van der Waals surface area contributed by atoms with Crippen LogP contribution < -0.4 is 4.72 Å². The highest BCUT2D eigenvalue weighted by molar-refractivity contribution is 7.77. The number of unbranched alkanes of at least 4 members (excludes halogenated alkanes) is 1. The summed E-state index contributed by atoms with van der Waals surface area (Å²) in [5.41, 5.74) is 0. The molecule has 0 fully saturated rings. The van der Waals surface area contributed by atoms with Crippen LogP contribution in [0.25, 0.3) is 0 Å². The van der Waals surface area contributed by atoms with Crippen LogP contribution in [0.5, 0.6) is 0 Å². The second-order valence-corrected chi connectivity index (χ2v) is 2.28. The van der Waals surface area contributed by atoms with Gasteiger partial charge >= 0.3 is 0 Å². The van der Waals surface area contributed by atoms with Gasteiger partial charge in [0.1, 0.15) is 0 Å². The SMILES string of the molecule is CCCCNS(=O)O. The summed E-state index contributed by atoms with van der Waals surface area (Å²) in [6.45, 7) is 2.65. The Balaban J connectivity index is 2.82. The third-order valence-corrected chi connectivity index (χ3v) is 1.21. The fourth-order valence-electron chi connectivity index (χ4n) is 0.336. The van der Waals surface area contributed by atoms with Crippen molar-refractivity contribution >= 4 is 11.3 Å². The lowest BCUT2D eigenvalue weighted by Gasteiger charge is -1.93. The minimum Gasteiger partial charge on any atom is -0.294 e. The van der Waals surface area contributed by atoms with Crippen molar-refractivity contribution in [3.05, 3.63) is 0 Å². The van der Waals surface area contributed by atoms with Gasteiger partial charge in [-0.15, -0.1) is 0 Å². The van der Waals surface area contributed by atoms with Gasteiger partial charge in [-0.2, -0.15) is 0 Å². The van der Waals surface area contributed by atoms with Crippen molar-refractivity contribution < 1.29 is 8.76 Å². The topological polar surface area (TPSA) is 49.3 Å². The molecule has 4 heteroatoms. The molecule has 0 amide bonds. The van der Waals surface area contributed by atoms with Crippen LogP contribution >= 0.6 is 0 Å². The molecule has 3 nitrogen and oxygen atoms in total. The average molecular weight is 137 g/mol. The Labute approximate surface area is 51.9 Å². The maximum Gasteiger partial charge on any atom is 0.231 e. The van der Waals surface area contributed by atoms with Crippen LogP contribution in [0.3, 0.4) is 0 Å². The summed E-state index contributed by atoms with van der Waals surface area (Å²) in [6.07, 6.45) is 2.00. The fraction of sp³-hybridized carbons (Fsp3) is 1.00. The summed E-state index contributed by atoms with van der Waals surface area (Å²) in [6, 6.07) is 0. The summed E-state index contributed by atoms with van der Waals surface area (Å²) in [7, 11) is 0. The van der Waals surface area contributed by atoms with Crippen molar-refractivity contribution in [2.45, 2.75) is 19.8 Å². The lowest BCUT2D eigenvalue weighted by atomic mass is 10.3. The number of nitrogens with one attached hydrogen (secondary N) is 1. The number of hydrogen-bond donors (Lipinski definition) is 2. The van der Waals surface area contributed by atoms with E-state index in [1.165, 1.54) is 0 Å². The normalized spacial score (nSPS) is 13.8. The lowest BCUT2D eigenvalue weighted by Crippen LogP contribution is -2.16. The smallest absolute Gasteiger partial charge is 0.231 e. The molecule has 0 aliphatic rings. The molecule has 50 valence electrons. The Morgan fingerprint density at radius 1 is 1.75 bits per heavy atom. The van der Waals surface area contributed by atoms with E-state index in [9.17, 15) is 4.21 Å². The highest BCUT2D eigenvalue weighted by Crippen LogP contribution is 1.81. The van der Waals surface area contributed by atoms with Crippen molar-refractivity contribution in [3.63, 3.8) is 0 Å². The summed E-state index contributed by atoms with van der Waals surface area (Å²) in [4.78, 5) is 0. The predicted octanol–water partition coefficient (Wildman–Crippen LogP) is 0.513. The van der Waals surface area contributed by atoms with Gasteiger partial charge in [-0.05, 0) is 6.42 Å². The molecule has 0 spiro atoms. The van der Waals surface area contributed by atoms with E-state index in [0.717, 1.165) is 12.8 Å². The van der Waals surface area contributed by atoms with Crippen molar-refractivity contribution in [2.24, 2.45) is 0 Å². The zero-order valence-electron chi connectivity index (χ0n) is 4.89. The van der Waals surface area contributed by atoms with E-state index >= 15 is 0 Å². The molecule has 0 bridgehead atoms. The van der Waals surface area contributed by atoms with Crippen LogP contribution in [0.15, 0.2) is 0 Å². The molecule has 0 rings (SSSR count). The first-order chi connectivity index (χ1) is 3.77. The number of hydrogen-bond acceptors (Lipinski definition) is 1. The van der Waals surface area contributed by atoms with Gasteiger partial charge in [0.05, 0.1) is 0 Å². The zero-order chi connectivity index (χ0) is 6.41. The summed E-state index contributed by atoms with van der Waals surface area (Å²) in [5, 5.41) is 0. The van der Waals surface area contributed by atoms with Gasteiger partial charge in [0, 0.05) is 6.54 Å². The second kappa shape index (κ2) is 5.21. The molecule has 0 aliphatic heterocycles. The van der Waals surface area contributed by atoms with Crippen molar-refractivity contribution in [3.8, 4) is 0 Å². The summed E-state index contributed by atoms with van der Waals surface area (Å²) >= 11 is -1.82. The van der Waals surface area contributed by atoms with Gasteiger partial charge in [-0.1, -0.05) is 13.3 Å². The van der Waals surface area contributed by atoms with Gasteiger partial charge in [0.2, 0.25) is 11.3 Å². The third-order valence-electron chi connectivity index (χ3n) is 0.756. The maximum atomic E-state index is 9.87. The van der Waals surface area contributed by atoms with Gasteiger partial charge < -0.3 is 0 Å². The molecule has 0 aromatic carbocycles. The minimum absolute atomic E-state index is 0.625. The molecule has 0 aromatic rings. The molecule has 0 saturated carbocycles. The first-order valence-electron chi connectivity index (χ1n) is 2.61. The average Bonchev–Trinajstić information content (AvgIpc) is 1.66.